The van der Waals surface area contributed by atoms with E-state index in [4.69, 9.17) is 9.84 Å². The summed E-state index contributed by atoms with van der Waals surface area (Å²) in [5, 5.41) is 8.85. The summed E-state index contributed by atoms with van der Waals surface area (Å²) in [6, 6.07) is 4.74. The van der Waals surface area contributed by atoms with Crippen LogP contribution in [0.15, 0.2) is 30.7 Å². The van der Waals surface area contributed by atoms with Crippen LogP contribution in [0.3, 0.4) is 0 Å². The van der Waals surface area contributed by atoms with Crippen LogP contribution in [0.5, 0.6) is 5.75 Å². The molecule has 77 valence electrons. The first-order chi connectivity index (χ1) is 7.22. The number of nitrogens with zero attached hydrogens (tertiary/aromatic N) is 1. The Kier molecular flexibility index (Phi) is 2.33. The number of ether oxygens (including phenoxy) is 1. The highest BCUT2D eigenvalue weighted by molar-refractivity contribution is 5.90. The molecule has 0 bridgehead atoms. The maximum Gasteiger partial charge on any atom is 0.335 e. The minimum Gasteiger partial charge on any atom is -0.478 e. The molecule has 0 amide bonds. The topological polar surface area (TPSA) is 49.8 Å². The number of carboxylic acids is 1. The summed E-state index contributed by atoms with van der Waals surface area (Å²) in [6.45, 7) is 4.28. The van der Waals surface area contributed by atoms with Gasteiger partial charge in [-0.25, -0.2) is 4.79 Å². The van der Waals surface area contributed by atoms with E-state index in [0.717, 1.165) is 5.69 Å². The van der Waals surface area contributed by atoms with Gasteiger partial charge in [-0.3, -0.25) is 0 Å². The summed E-state index contributed by atoms with van der Waals surface area (Å²) in [7, 11) is 0. The molecule has 0 aromatic heterocycles. The summed E-state index contributed by atoms with van der Waals surface area (Å²) in [5.74, 6) is -0.303. The lowest BCUT2D eigenvalue weighted by Gasteiger charge is -2.24. The van der Waals surface area contributed by atoms with Crippen molar-refractivity contribution in [3.8, 4) is 5.75 Å². The average Bonchev–Trinajstić information content (AvgIpc) is 2.27. The highest BCUT2D eigenvalue weighted by Gasteiger charge is 2.15. The summed E-state index contributed by atoms with van der Waals surface area (Å²) < 4.78 is 5.25. The van der Waals surface area contributed by atoms with E-state index in [1.165, 1.54) is 6.07 Å². The molecule has 4 nitrogen and oxygen atoms in total. The zero-order valence-electron chi connectivity index (χ0n) is 8.01. The van der Waals surface area contributed by atoms with Gasteiger partial charge in [0.15, 0.2) is 0 Å². The lowest BCUT2D eigenvalue weighted by Crippen LogP contribution is -2.19. The molecule has 0 saturated heterocycles. The number of hydrogen-bond donors (Lipinski definition) is 1. The number of anilines is 1. The molecule has 1 radical (unpaired) electrons. The fourth-order valence-corrected chi connectivity index (χ4v) is 1.43. The van der Waals surface area contributed by atoms with Crippen LogP contribution in [-0.4, -0.2) is 17.6 Å². The summed E-state index contributed by atoms with van der Waals surface area (Å²) >= 11 is 0. The van der Waals surface area contributed by atoms with Crippen molar-refractivity contribution < 1.29 is 14.6 Å². The first-order valence-corrected chi connectivity index (χ1v) is 4.49. The first-order valence-electron chi connectivity index (χ1n) is 4.49. The van der Waals surface area contributed by atoms with Crippen LogP contribution in [-0.2, 0) is 0 Å². The summed E-state index contributed by atoms with van der Waals surface area (Å²) in [4.78, 5) is 12.6. The quantitative estimate of drug-likeness (QED) is 0.799. The number of hydrogen-bond acceptors (Lipinski definition) is 3. The van der Waals surface area contributed by atoms with E-state index in [9.17, 15) is 4.79 Å². The largest absolute Gasteiger partial charge is 0.478 e. The zero-order chi connectivity index (χ0) is 10.8. The van der Waals surface area contributed by atoms with Gasteiger partial charge in [0.05, 0.1) is 11.3 Å². The second kappa shape index (κ2) is 3.65. The van der Waals surface area contributed by atoms with Crippen molar-refractivity contribution in [2.45, 2.75) is 0 Å². The van der Waals surface area contributed by atoms with Gasteiger partial charge in [-0.2, -0.15) is 0 Å². The molecule has 1 N–H and O–H groups in total. The van der Waals surface area contributed by atoms with E-state index in [0.29, 0.717) is 12.3 Å². The van der Waals surface area contributed by atoms with E-state index in [2.05, 4.69) is 6.92 Å². The van der Waals surface area contributed by atoms with Gasteiger partial charge in [0.1, 0.15) is 12.0 Å². The van der Waals surface area contributed by atoms with Gasteiger partial charge >= 0.3 is 5.97 Å². The third-order valence-corrected chi connectivity index (χ3v) is 2.19. The van der Waals surface area contributed by atoms with Crippen molar-refractivity contribution in [3.05, 3.63) is 43.1 Å². The Morgan fingerprint density at radius 1 is 1.53 bits per heavy atom. The third kappa shape index (κ3) is 1.66. The molecule has 1 aliphatic rings. The smallest absolute Gasteiger partial charge is 0.335 e. The Morgan fingerprint density at radius 2 is 2.33 bits per heavy atom. The number of fused-ring (bicyclic) bond motifs is 1. The lowest BCUT2D eigenvalue weighted by atomic mass is 10.1. The maximum absolute atomic E-state index is 10.8. The van der Waals surface area contributed by atoms with Crippen molar-refractivity contribution in [2.24, 2.45) is 0 Å². The number of carbonyl (C=O) groups is 1. The monoisotopic (exact) mass is 204 g/mol. The van der Waals surface area contributed by atoms with E-state index in [1.54, 1.807) is 24.6 Å². The van der Waals surface area contributed by atoms with Crippen molar-refractivity contribution in [3.63, 3.8) is 0 Å². The Bertz CT molecular complexity index is 426. The standard InChI is InChI=1S/C11H10NO3/c1-2-12-5-6-15-10-4-3-8(11(13)14)7-9(10)12/h3-7H,1-2H2,(H,13,14). The number of aromatic carboxylic acids is 1. The molecule has 0 fully saturated rings. The fourth-order valence-electron chi connectivity index (χ4n) is 1.43. The third-order valence-electron chi connectivity index (χ3n) is 2.19. The van der Waals surface area contributed by atoms with Crippen molar-refractivity contribution >= 4 is 11.7 Å². The molecular formula is C11H10NO3. The lowest BCUT2D eigenvalue weighted by molar-refractivity contribution is 0.0697. The molecule has 1 heterocycles. The number of carboxylic acid groups (broad SMARTS) is 1. The summed E-state index contributed by atoms with van der Waals surface area (Å²) in [6.07, 6.45) is 3.27. The van der Waals surface area contributed by atoms with E-state index < -0.39 is 5.97 Å². The van der Waals surface area contributed by atoms with Gasteiger partial charge < -0.3 is 14.7 Å². The average molecular weight is 204 g/mol. The second-order valence-electron chi connectivity index (χ2n) is 3.08. The molecule has 1 aromatic carbocycles. The Labute approximate surface area is 87.4 Å². The summed E-state index contributed by atoms with van der Waals surface area (Å²) in [5.41, 5.74) is 0.971. The zero-order valence-corrected chi connectivity index (χ0v) is 8.01. The molecule has 4 heteroatoms. The normalized spacial score (nSPS) is 13.3. The van der Waals surface area contributed by atoms with Gasteiger partial charge in [0.25, 0.3) is 0 Å². The molecule has 0 saturated carbocycles. The van der Waals surface area contributed by atoms with Gasteiger partial charge in [0, 0.05) is 12.7 Å². The van der Waals surface area contributed by atoms with Crippen LogP contribution < -0.4 is 9.64 Å². The maximum atomic E-state index is 10.8. The predicted octanol–water partition coefficient (Wildman–Crippen LogP) is 1.89. The van der Waals surface area contributed by atoms with Crippen LogP contribution in [0.1, 0.15) is 10.4 Å². The molecule has 0 unspecified atom stereocenters. The molecular weight excluding hydrogens is 194 g/mol. The predicted molar refractivity (Wildman–Crippen MR) is 55.9 cm³/mol. The molecule has 1 aliphatic heterocycles. The second-order valence-corrected chi connectivity index (χ2v) is 3.08. The van der Waals surface area contributed by atoms with Crippen molar-refractivity contribution in [1.29, 1.82) is 0 Å². The molecule has 0 spiro atoms. The van der Waals surface area contributed by atoms with Crippen molar-refractivity contribution in [2.75, 3.05) is 11.4 Å². The fraction of sp³-hybridized carbons (Fsp3) is 0.0909. The number of benzene rings is 1. The Balaban J connectivity index is 2.46. The first kappa shape index (κ1) is 9.58. The Hall–Kier alpha value is -1.97. The van der Waals surface area contributed by atoms with Gasteiger partial charge in [-0.05, 0) is 25.1 Å². The van der Waals surface area contributed by atoms with Crippen LogP contribution >= 0.6 is 0 Å². The molecule has 1 aromatic rings. The van der Waals surface area contributed by atoms with Crippen LogP contribution in [0, 0.1) is 6.92 Å². The minimum atomic E-state index is -0.948. The molecule has 2 rings (SSSR count). The number of rotatable bonds is 2. The van der Waals surface area contributed by atoms with Gasteiger partial charge in [-0.1, -0.05) is 0 Å². The Morgan fingerprint density at radius 3 is 3.00 bits per heavy atom. The molecule has 0 aliphatic carbocycles. The van der Waals surface area contributed by atoms with Crippen molar-refractivity contribution in [1.82, 2.24) is 0 Å². The molecule has 15 heavy (non-hydrogen) atoms. The van der Waals surface area contributed by atoms with Gasteiger partial charge in [-0.15, -0.1) is 0 Å². The van der Waals surface area contributed by atoms with E-state index >= 15 is 0 Å². The van der Waals surface area contributed by atoms with E-state index in [1.807, 2.05) is 4.90 Å². The SMILES string of the molecule is [CH2]CN1C=COc2ccc(C(=O)O)cc21. The van der Waals surface area contributed by atoms with Crippen LogP contribution in [0.25, 0.3) is 0 Å². The highest BCUT2D eigenvalue weighted by Crippen LogP contribution is 2.32. The van der Waals surface area contributed by atoms with Crippen LogP contribution in [0.2, 0.25) is 0 Å². The van der Waals surface area contributed by atoms with E-state index in [-0.39, 0.29) is 5.56 Å². The highest BCUT2D eigenvalue weighted by atomic mass is 16.5. The molecule has 0 atom stereocenters. The van der Waals surface area contributed by atoms with Gasteiger partial charge in [0.2, 0.25) is 0 Å². The minimum absolute atomic E-state index is 0.242. The van der Waals surface area contributed by atoms with Crippen LogP contribution in [0.4, 0.5) is 5.69 Å².